The Bertz CT molecular complexity index is 748. The average molecular weight is 286 g/mol. The summed E-state index contributed by atoms with van der Waals surface area (Å²) in [5, 5.41) is 1.48. The lowest BCUT2D eigenvalue weighted by Crippen LogP contribution is -2.22. The number of hydrogen-bond donors (Lipinski definition) is 0. The van der Waals surface area contributed by atoms with Gasteiger partial charge in [0.2, 0.25) is 0 Å². The summed E-state index contributed by atoms with van der Waals surface area (Å²) >= 11 is 0. The molecule has 0 spiro atoms. The number of carbonyl (C=O) groups is 2. The van der Waals surface area contributed by atoms with Crippen LogP contribution in [0.4, 0.5) is 9.59 Å². The van der Waals surface area contributed by atoms with E-state index in [-0.39, 0.29) is 0 Å². The third kappa shape index (κ3) is 2.20. The summed E-state index contributed by atoms with van der Waals surface area (Å²) in [5.41, 5.74) is 2.02. The van der Waals surface area contributed by atoms with Gasteiger partial charge in [0.25, 0.3) is 0 Å². The van der Waals surface area contributed by atoms with Crippen molar-refractivity contribution in [2.24, 2.45) is 0 Å². The average Bonchev–Trinajstić information content (AvgIpc) is 2.45. The molecule has 5 heteroatoms. The van der Waals surface area contributed by atoms with Crippen molar-refractivity contribution in [2.45, 2.75) is 26.7 Å². The van der Waals surface area contributed by atoms with Crippen LogP contribution in [0, 0.1) is 0 Å². The van der Waals surface area contributed by atoms with Gasteiger partial charge in [0.15, 0.2) is 0 Å². The number of rotatable bonds is 2. The van der Waals surface area contributed by atoms with Gasteiger partial charge < -0.3 is 14.2 Å². The van der Waals surface area contributed by atoms with Gasteiger partial charge in [-0.1, -0.05) is 32.0 Å². The van der Waals surface area contributed by atoms with Gasteiger partial charge in [-0.05, 0) is 35.4 Å². The van der Waals surface area contributed by atoms with E-state index in [4.69, 9.17) is 9.47 Å². The van der Waals surface area contributed by atoms with Gasteiger partial charge in [-0.3, -0.25) is 0 Å². The molecular weight excluding hydrogens is 272 g/mol. The monoisotopic (exact) mass is 286 g/mol. The minimum Gasteiger partial charge on any atom is -0.394 e. The van der Waals surface area contributed by atoms with Crippen molar-refractivity contribution in [2.75, 3.05) is 0 Å². The Labute approximate surface area is 121 Å². The quantitative estimate of drug-likeness (QED) is 0.474. The largest absolute Gasteiger partial charge is 0.524 e. The van der Waals surface area contributed by atoms with Gasteiger partial charge in [-0.15, -0.1) is 0 Å². The number of aryl methyl sites for hydroxylation is 1. The molecule has 0 saturated carbocycles. The molecule has 3 rings (SSSR count). The first-order valence-electron chi connectivity index (χ1n) is 6.83. The molecule has 0 fully saturated rings. The van der Waals surface area contributed by atoms with E-state index in [1.165, 1.54) is 0 Å². The molecule has 0 aromatic heterocycles. The van der Waals surface area contributed by atoms with E-state index in [0.29, 0.717) is 23.3 Å². The standard InChI is InChI=1S/C16H14O5/c1-3-9-8-10-6-5-7-12-13(10)14(11(9)4-2)20-16(18)21-15(17)19-12/h5-8H,3-4H2,1-2H3. The minimum absolute atomic E-state index is 0.331. The predicted molar refractivity (Wildman–Crippen MR) is 75.8 cm³/mol. The van der Waals surface area contributed by atoms with Crippen LogP contribution >= 0.6 is 0 Å². The number of hydrogen-bond acceptors (Lipinski definition) is 5. The second kappa shape index (κ2) is 5.09. The summed E-state index contributed by atoms with van der Waals surface area (Å²) in [6, 6.07) is 7.36. The second-order valence-corrected chi connectivity index (χ2v) is 4.71. The third-order valence-corrected chi connectivity index (χ3v) is 3.56. The van der Waals surface area contributed by atoms with E-state index in [9.17, 15) is 9.59 Å². The third-order valence-electron chi connectivity index (χ3n) is 3.56. The Morgan fingerprint density at radius 2 is 1.71 bits per heavy atom. The maximum Gasteiger partial charge on any atom is 0.524 e. The molecule has 2 aromatic carbocycles. The van der Waals surface area contributed by atoms with Crippen LogP contribution in [0.15, 0.2) is 24.3 Å². The van der Waals surface area contributed by atoms with Gasteiger partial charge in [-0.2, -0.15) is 0 Å². The summed E-state index contributed by atoms with van der Waals surface area (Å²) in [6.07, 6.45) is -0.645. The molecule has 1 heterocycles. The van der Waals surface area contributed by atoms with Crippen molar-refractivity contribution in [1.29, 1.82) is 0 Å². The fourth-order valence-corrected chi connectivity index (χ4v) is 2.67. The lowest BCUT2D eigenvalue weighted by Gasteiger charge is -2.19. The number of cyclic esters (lactones) is 2. The summed E-state index contributed by atoms with van der Waals surface area (Å²) in [6.45, 7) is 4.02. The Morgan fingerprint density at radius 3 is 2.43 bits per heavy atom. The maximum atomic E-state index is 11.6. The molecule has 1 aliphatic heterocycles. The molecular formula is C16H14O5. The van der Waals surface area contributed by atoms with Gasteiger partial charge in [-0.25, -0.2) is 9.59 Å². The van der Waals surface area contributed by atoms with Crippen LogP contribution in [0.1, 0.15) is 25.0 Å². The second-order valence-electron chi connectivity index (χ2n) is 4.71. The number of benzene rings is 2. The zero-order valence-electron chi connectivity index (χ0n) is 11.8. The Hall–Kier alpha value is -2.56. The minimum atomic E-state index is -1.09. The Balaban J connectivity index is 2.40. The molecule has 0 unspecified atom stereocenters. The van der Waals surface area contributed by atoms with Crippen LogP contribution in [-0.4, -0.2) is 12.3 Å². The van der Waals surface area contributed by atoms with Crippen LogP contribution in [-0.2, 0) is 17.6 Å². The van der Waals surface area contributed by atoms with Crippen LogP contribution in [0.5, 0.6) is 11.5 Å². The number of ether oxygens (including phenoxy) is 3. The van der Waals surface area contributed by atoms with E-state index in [1.54, 1.807) is 12.1 Å². The fraction of sp³-hybridized carbons (Fsp3) is 0.250. The van der Waals surface area contributed by atoms with Crippen LogP contribution < -0.4 is 9.47 Å². The highest BCUT2D eigenvalue weighted by molar-refractivity contribution is 5.99. The Kier molecular flexibility index (Phi) is 3.25. The van der Waals surface area contributed by atoms with Crippen LogP contribution in [0.3, 0.4) is 0 Å². The van der Waals surface area contributed by atoms with Gasteiger partial charge in [0.1, 0.15) is 11.5 Å². The van der Waals surface area contributed by atoms with E-state index in [0.717, 1.165) is 22.9 Å². The van der Waals surface area contributed by atoms with Crippen molar-refractivity contribution in [3.63, 3.8) is 0 Å². The van der Waals surface area contributed by atoms with Gasteiger partial charge in [0.05, 0.1) is 5.39 Å². The molecule has 0 radical (unpaired) electrons. The summed E-state index contributed by atoms with van der Waals surface area (Å²) in [5.74, 6) is 0.748. The molecule has 21 heavy (non-hydrogen) atoms. The molecule has 1 aliphatic rings. The van der Waals surface area contributed by atoms with Crippen molar-refractivity contribution in [3.05, 3.63) is 35.4 Å². The van der Waals surface area contributed by atoms with E-state index in [2.05, 4.69) is 4.74 Å². The summed E-state index contributed by atoms with van der Waals surface area (Å²) in [4.78, 5) is 23.0. The number of carbonyl (C=O) groups excluding carboxylic acids is 2. The normalized spacial score (nSPS) is 14.0. The fourth-order valence-electron chi connectivity index (χ4n) is 2.67. The first-order chi connectivity index (χ1) is 10.1. The van der Waals surface area contributed by atoms with Gasteiger partial charge >= 0.3 is 12.3 Å². The highest BCUT2D eigenvalue weighted by Crippen LogP contribution is 2.40. The molecule has 5 nitrogen and oxygen atoms in total. The summed E-state index contributed by atoms with van der Waals surface area (Å²) < 4.78 is 14.8. The van der Waals surface area contributed by atoms with Crippen LogP contribution in [0.2, 0.25) is 0 Å². The zero-order chi connectivity index (χ0) is 15.0. The summed E-state index contributed by atoms with van der Waals surface area (Å²) in [7, 11) is 0. The lowest BCUT2D eigenvalue weighted by molar-refractivity contribution is 0.0877. The topological polar surface area (TPSA) is 61.8 Å². The molecule has 108 valence electrons. The zero-order valence-corrected chi connectivity index (χ0v) is 11.8. The van der Waals surface area contributed by atoms with Crippen LogP contribution in [0.25, 0.3) is 10.8 Å². The maximum absolute atomic E-state index is 11.6. The highest BCUT2D eigenvalue weighted by atomic mass is 16.8. The van der Waals surface area contributed by atoms with Crippen molar-refractivity contribution < 1.29 is 23.8 Å². The predicted octanol–water partition coefficient (Wildman–Crippen LogP) is 3.99. The highest BCUT2D eigenvalue weighted by Gasteiger charge is 2.25. The lowest BCUT2D eigenvalue weighted by atomic mass is 9.95. The molecule has 0 atom stereocenters. The van der Waals surface area contributed by atoms with E-state index < -0.39 is 12.3 Å². The SMILES string of the molecule is CCc1cc2cccc3c2c(c1CC)OC(=O)OC(=O)O3. The van der Waals surface area contributed by atoms with E-state index in [1.807, 2.05) is 26.0 Å². The molecule has 0 N–H and O–H groups in total. The molecule has 0 aliphatic carbocycles. The van der Waals surface area contributed by atoms with E-state index >= 15 is 0 Å². The van der Waals surface area contributed by atoms with Gasteiger partial charge in [0, 0.05) is 0 Å². The molecule has 0 bridgehead atoms. The van der Waals surface area contributed by atoms with Crippen molar-refractivity contribution in [1.82, 2.24) is 0 Å². The van der Waals surface area contributed by atoms with Crippen molar-refractivity contribution in [3.8, 4) is 11.5 Å². The first-order valence-corrected chi connectivity index (χ1v) is 6.83. The van der Waals surface area contributed by atoms with Crippen molar-refractivity contribution >= 4 is 23.1 Å². The smallest absolute Gasteiger partial charge is 0.394 e. The first kappa shape index (κ1) is 13.4. The molecule has 2 aromatic rings. The molecule has 0 amide bonds. The molecule has 0 saturated heterocycles. The Morgan fingerprint density at radius 1 is 0.952 bits per heavy atom.